The van der Waals surface area contributed by atoms with E-state index in [1.54, 1.807) is 0 Å². The lowest BCUT2D eigenvalue weighted by molar-refractivity contribution is -0.138. The van der Waals surface area contributed by atoms with Crippen LogP contribution in [0.1, 0.15) is 50.3 Å². The summed E-state index contributed by atoms with van der Waals surface area (Å²) >= 11 is 5.57. The molecule has 0 unspecified atom stereocenters. The van der Waals surface area contributed by atoms with Crippen molar-refractivity contribution in [2.75, 3.05) is 10.6 Å². The second kappa shape index (κ2) is 12.6. The zero-order valence-corrected chi connectivity index (χ0v) is 24.5. The third-order valence-corrected chi connectivity index (χ3v) is 7.19. The number of anilines is 2. The molecule has 3 rings (SSSR count). The van der Waals surface area contributed by atoms with E-state index < -0.39 is 66.7 Å². The summed E-state index contributed by atoms with van der Waals surface area (Å²) in [7, 11) is -4.86. The van der Waals surface area contributed by atoms with Gasteiger partial charge in [-0.15, -0.1) is 0 Å². The fourth-order valence-electron chi connectivity index (χ4n) is 3.93. The lowest BCUT2D eigenvalue weighted by atomic mass is 9.89. The Balaban J connectivity index is 1.94. The molecule has 0 heterocycles. The molecule has 3 aromatic rings. The van der Waals surface area contributed by atoms with Gasteiger partial charge < -0.3 is 15.4 Å². The topological polar surface area (TPSA) is 105 Å². The molecule has 7 nitrogen and oxygen atoms in total. The minimum Gasteiger partial charge on any atom is -0.454 e. The molecule has 0 saturated heterocycles. The fraction of sp³-hybridized carbons (Fsp3) is 0.321. The van der Waals surface area contributed by atoms with Crippen LogP contribution < -0.4 is 15.4 Å². The van der Waals surface area contributed by atoms with E-state index in [1.807, 2.05) is 20.8 Å². The zero-order chi connectivity index (χ0) is 32.4. The van der Waals surface area contributed by atoms with E-state index in [-0.39, 0.29) is 11.1 Å². The Morgan fingerprint density at radius 1 is 0.884 bits per heavy atom. The Kier molecular flexibility index (Phi) is 9.98. The molecule has 234 valence electrons. The number of carbonyl (C=O) groups excluding carboxylic acids is 1. The molecular formula is C28H27ClF6N2O5S. The minimum absolute atomic E-state index is 0.0292. The van der Waals surface area contributed by atoms with Crippen molar-refractivity contribution in [2.24, 2.45) is 5.41 Å². The first-order valence-electron chi connectivity index (χ1n) is 12.6. The van der Waals surface area contributed by atoms with Gasteiger partial charge in [-0.2, -0.15) is 34.8 Å². The zero-order valence-electron chi connectivity index (χ0n) is 23.0. The number of benzene rings is 3. The number of aryl methyl sites for hydroxylation is 1. The largest absolute Gasteiger partial charge is 0.454 e. The standard InChI is InChI=1S/C28H27ClF6N2O5S/c1-26(2,3)12-4-5-16-6-10-23(24(13-16)43(39,40)41)42-22-11-7-17(27(30,31)32)14-21(22)37-25(38)36-18-8-9-20(29)19(15-18)28(33,34)35/h6-11,13-15H,4-5,12H2,1-3H3,(H2,36,37,38)(H,39,40,41). The first-order chi connectivity index (χ1) is 19.6. The molecule has 0 aliphatic carbocycles. The molecule has 0 aliphatic heterocycles. The number of alkyl halides is 6. The van der Waals surface area contributed by atoms with Gasteiger partial charge in [0.25, 0.3) is 10.1 Å². The normalized spacial score (nSPS) is 12.6. The summed E-state index contributed by atoms with van der Waals surface area (Å²) in [5.41, 5.74) is -2.87. The molecule has 3 N–H and O–H groups in total. The van der Waals surface area contributed by atoms with Gasteiger partial charge in [-0.25, -0.2) is 4.79 Å². The van der Waals surface area contributed by atoms with Crippen LogP contribution in [0.3, 0.4) is 0 Å². The average Bonchev–Trinajstić information content (AvgIpc) is 2.84. The van der Waals surface area contributed by atoms with Gasteiger partial charge in [-0.3, -0.25) is 4.55 Å². The smallest absolute Gasteiger partial charge is 0.417 e. The summed E-state index contributed by atoms with van der Waals surface area (Å²) in [6.07, 6.45) is -7.72. The van der Waals surface area contributed by atoms with Crippen LogP contribution in [-0.4, -0.2) is 19.0 Å². The summed E-state index contributed by atoms with van der Waals surface area (Å²) in [5, 5.41) is 3.51. The van der Waals surface area contributed by atoms with Gasteiger partial charge >= 0.3 is 18.4 Å². The summed E-state index contributed by atoms with van der Waals surface area (Å²) in [4.78, 5) is 12.0. The van der Waals surface area contributed by atoms with Crippen molar-refractivity contribution in [3.05, 3.63) is 76.3 Å². The van der Waals surface area contributed by atoms with E-state index in [0.29, 0.717) is 36.6 Å². The third-order valence-electron chi connectivity index (χ3n) is 5.98. The van der Waals surface area contributed by atoms with Crippen LogP contribution in [-0.2, 0) is 28.9 Å². The molecule has 43 heavy (non-hydrogen) atoms. The molecule has 0 fully saturated rings. The van der Waals surface area contributed by atoms with Crippen molar-refractivity contribution in [1.29, 1.82) is 0 Å². The fourth-order valence-corrected chi connectivity index (χ4v) is 4.82. The summed E-state index contributed by atoms with van der Waals surface area (Å²) < 4.78 is 120. The predicted octanol–water partition coefficient (Wildman–Crippen LogP) is 9.43. The van der Waals surface area contributed by atoms with Gasteiger partial charge in [0, 0.05) is 5.69 Å². The van der Waals surface area contributed by atoms with Gasteiger partial charge in [-0.05, 0) is 78.8 Å². The number of carbonyl (C=O) groups is 1. The van der Waals surface area contributed by atoms with Crippen LogP contribution in [0.4, 0.5) is 42.5 Å². The Morgan fingerprint density at radius 3 is 2.12 bits per heavy atom. The maximum absolute atomic E-state index is 13.4. The first-order valence-corrected chi connectivity index (χ1v) is 14.4. The van der Waals surface area contributed by atoms with Gasteiger partial charge in [0.1, 0.15) is 10.6 Å². The van der Waals surface area contributed by atoms with Crippen LogP contribution in [0.15, 0.2) is 59.5 Å². The van der Waals surface area contributed by atoms with Crippen molar-refractivity contribution in [2.45, 2.75) is 57.3 Å². The lowest BCUT2D eigenvalue weighted by Gasteiger charge is -2.18. The highest BCUT2D eigenvalue weighted by Gasteiger charge is 2.34. The Hall–Kier alpha value is -3.49. The number of hydrogen-bond acceptors (Lipinski definition) is 4. The van der Waals surface area contributed by atoms with E-state index >= 15 is 0 Å². The summed E-state index contributed by atoms with van der Waals surface area (Å²) in [6.45, 7) is 6.12. The Morgan fingerprint density at radius 2 is 1.53 bits per heavy atom. The molecule has 15 heteroatoms. The highest BCUT2D eigenvalue weighted by atomic mass is 35.5. The van der Waals surface area contributed by atoms with Crippen LogP contribution in [0.2, 0.25) is 5.02 Å². The molecule has 0 aromatic heterocycles. The summed E-state index contributed by atoms with van der Waals surface area (Å²) in [5.74, 6) is -0.904. The number of halogens is 7. The Labute approximate surface area is 248 Å². The number of hydrogen-bond donors (Lipinski definition) is 3. The number of amides is 2. The van der Waals surface area contributed by atoms with Gasteiger partial charge in [0.2, 0.25) is 0 Å². The molecule has 0 bridgehead atoms. The molecule has 2 amide bonds. The van der Waals surface area contributed by atoms with Crippen molar-refractivity contribution in [3.8, 4) is 11.5 Å². The van der Waals surface area contributed by atoms with E-state index in [9.17, 15) is 44.1 Å². The van der Waals surface area contributed by atoms with E-state index in [0.717, 1.165) is 24.6 Å². The number of ether oxygens (including phenoxy) is 1. The van der Waals surface area contributed by atoms with Crippen molar-refractivity contribution >= 4 is 39.1 Å². The highest BCUT2D eigenvalue weighted by Crippen LogP contribution is 2.39. The van der Waals surface area contributed by atoms with Gasteiger partial charge in [0.05, 0.1) is 21.8 Å². The van der Waals surface area contributed by atoms with E-state index in [4.69, 9.17) is 16.3 Å². The molecule has 0 spiro atoms. The minimum atomic E-state index is -4.86. The quantitative estimate of drug-likeness (QED) is 0.166. The second-order valence-corrected chi connectivity index (χ2v) is 12.5. The van der Waals surface area contributed by atoms with Crippen LogP contribution in [0.25, 0.3) is 0 Å². The Bertz CT molecular complexity index is 1600. The monoisotopic (exact) mass is 652 g/mol. The highest BCUT2D eigenvalue weighted by molar-refractivity contribution is 7.86. The molecular weight excluding hydrogens is 626 g/mol. The number of rotatable bonds is 8. The van der Waals surface area contributed by atoms with Crippen molar-refractivity contribution in [1.82, 2.24) is 0 Å². The summed E-state index contributed by atoms with van der Waals surface area (Å²) in [6, 6.07) is 7.04. The molecule has 0 atom stereocenters. The maximum Gasteiger partial charge on any atom is 0.417 e. The SMILES string of the molecule is CC(C)(C)CCCc1ccc(Oc2ccc(C(F)(F)F)cc2NC(=O)Nc2ccc(Cl)c(C(F)(F)F)c2)c(S(=O)(=O)O)c1. The van der Waals surface area contributed by atoms with Crippen molar-refractivity contribution in [3.63, 3.8) is 0 Å². The lowest BCUT2D eigenvalue weighted by Crippen LogP contribution is -2.21. The van der Waals surface area contributed by atoms with Crippen LogP contribution in [0, 0.1) is 5.41 Å². The molecule has 0 radical (unpaired) electrons. The number of urea groups is 1. The average molecular weight is 653 g/mol. The predicted molar refractivity (Wildman–Crippen MR) is 149 cm³/mol. The van der Waals surface area contributed by atoms with Crippen LogP contribution in [0.5, 0.6) is 11.5 Å². The van der Waals surface area contributed by atoms with Crippen LogP contribution >= 0.6 is 11.6 Å². The second-order valence-electron chi connectivity index (χ2n) is 10.8. The maximum atomic E-state index is 13.4. The van der Waals surface area contributed by atoms with E-state index in [2.05, 4.69) is 10.6 Å². The molecule has 0 saturated carbocycles. The van der Waals surface area contributed by atoms with Gasteiger partial charge in [0.15, 0.2) is 5.75 Å². The number of nitrogens with one attached hydrogen (secondary N) is 2. The molecule has 0 aliphatic rings. The molecule has 3 aromatic carbocycles. The first kappa shape index (κ1) is 34.0. The van der Waals surface area contributed by atoms with E-state index in [1.165, 1.54) is 18.2 Å². The van der Waals surface area contributed by atoms with Gasteiger partial charge in [-0.1, -0.05) is 38.4 Å². The van der Waals surface area contributed by atoms with Crippen molar-refractivity contribution < 1.29 is 48.8 Å². The third kappa shape index (κ3) is 9.76.